The summed E-state index contributed by atoms with van der Waals surface area (Å²) in [7, 11) is 0. The van der Waals surface area contributed by atoms with Gasteiger partial charge in [-0.05, 0) is 0 Å². The van der Waals surface area contributed by atoms with Crippen LogP contribution in [0.15, 0.2) is 24.3 Å². The molecule has 1 unspecified atom stereocenters. The Balaban J connectivity index is 2.98. The van der Waals surface area contributed by atoms with Crippen molar-refractivity contribution in [3.63, 3.8) is 0 Å². The number of allylic oxidation sites excluding steroid dienone is 2. The van der Waals surface area contributed by atoms with Gasteiger partial charge in [-0.2, -0.15) is 0 Å². The molecule has 0 radical (unpaired) electrons. The predicted octanol–water partition coefficient (Wildman–Crippen LogP) is 1.82. The summed E-state index contributed by atoms with van der Waals surface area (Å²) in [5, 5.41) is 11.1. The molecule has 1 rings (SSSR count). The van der Waals surface area contributed by atoms with Crippen molar-refractivity contribution in [1.82, 2.24) is 4.90 Å². The first-order valence-corrected chi connectivity index (χ1v) is 4.91. The molecule has 4 heteroatoms. The van der Waals surface area contributed by atoms with Crippen LogP contribution in [-0.2, 0) is 0 Å². The molecule has 78 valence electrons. The molecular weight excluding hydrogens is 180 g/mol. The summed E-state index contributed by atoms with van der Waals surface area (Å²) in [5.41, 5.74) is -1.02. The van der Waals surface area contributed by atoms with Crippen LogP contribution in [0.25, 0.3) is 0 Å². The zero-order valence-corrected chi connectivity index (χ0v) is 8.64. The van der Waals surface area contributed by atoms with Crippen molar-refractivity contribution in [3.05, 3.63) is 34.4 Å². The van der Waals surface area contributed by atoms with E-state index in [4.69, 9.17) is 0 Å². The largest absolute Gasteiger partial charge is 0.300 e. The minimum absolute atomic E-state index is 0.194. The van der Waals surface area contributed by atoms with Crippen LogP contribution in [0.1, 0.15) is 20.3 Å². The van der Waals surface area contributed by atoms with Crippen LogP contribution in [0.3, 0.4) is 0 Å². The van der Waals surface area contributed by atoms with Crippen molar-refractivity contribution in [2.45, 2.75) is 25.9 Å². The Labute approximate surface area is 84.1 Å². The zero-order valence-electron chi connectivity index (χ0n) is 8.64. The highest BCUT2D eigenvalue weighted by molar-refractivity contribution is 5.17. The van der Waals surface area contributed by atoms with E-state index in [2.05, 4.69) is 0 Å². The quantitative estimate of drug-likeness (QED) is 0.391. The number of rotatable bonds is 4. The van der Waals surface area contributed by atoms with E-state index < -0.39 is 5.66 Å². The van der Waals surface area contributed by atoms with Gasteiger partial charge in [0.05, 0.1) is 6.42 Å². The summed E-state index contributed by atoms with van der Waals surface area (Å²) in [6, 6.07) is 0. The van der Waals surface area contributed by atoms with Crippen LogP contribution >= 0.6 is 0 Å². The minimum Gasteiger partial charge on any atom is -0.262 e. The molecule has 0 bridgehead atoms. The van der Waals surface area contributed by atoms with Gasteiger partial charge in [-0.25, -0.2) is 4.90 Å². The average molecular weight is 196 g/mol. The molecule has 1 atom stereocenters. The molecular formula is C10H16N2O2. The van der Waals surface area contributed by atoms with Gasteiger partial charge in [0.25, 0.3) is 5.66 Å². The molecule has 0 aromatic carbocycles. The lowest BCUT2D eigenvalue weighted by molar-refractivity contribution is -0.585. The highest BCUT2D eigenvalue weighted by atomic mass is 16.6. The molecule has 0 saturated heterocycles. The normalized spacial score (nSPS) is 25.6. The highest BCUT2D eigenvalue weighted by Crippen LogP contribution is 2.25. The number of nitro groups is 1. The summed E-state index contributed by atoms with van der Waals surface area (Å²) in [5.74, 6) is 0. The van der Waals surface area contributed by atoms with Crippen LogP contribution in [0, 0.1) is 10.1 Å². The second-order valence-electron chi connectivity index (χ2n) is 3.30. The van der Waals surface area contributed by atoms with Crippen molar-refractivity contribution in [2.75, 3.05) is 13.1 Å². The lowest BCUT2D eigenvalue weighted by Gasteiger charge is -2.33. The van der Waals surface area contributed by atoms with E-state index in [9.17, 15) is 10.1 Å². The lowest BCUT2D eigenvalue weighted by Crippen LogP contribution is -2.53. The SMILES string of the molecule is CCN(CC)C1([N+](=O)[O-])C=CC=CC1. The second kappa shape index (κ2) is 4.37. The fourth-order valence-electron chi connectivity index (χ4n) is 1.85. The zero-order chi connectivity index (χ0) is 10.6. The van der Waals surface area contributed by atoms with Crippen molar-refractivity contribution in [3.8, 4) is 0 Å². The summed E-state index contributed by atoms with van der Waals surface area (Å²) in [6.45, 7) is 5.27. The monoisotopic (exact) mass is 196 g/mol. The molecule has 0 aromatic rings. The first-order valence-electron chi connectivity index (χ1n) is 4.91. The topological polar surface area (TPSA) is 46.4 Å². The molecule has 0 saturated carbocycles. The number of hydrogen-bond acceptors (Lipinski definition) is 3. The molecule has 14 heavy (non-hydrogen) atoms. The van der Waals surface area contributed by atoms with Crippen molar-refractivity contribution in [1.29, 1.82) is 0 Å². The van der Waals surface area contributed by atoms with E-state index in [0.29, 0.717) is 19.5 Å². The summed E-state index contributed by atoms with van der Waals surface area (Å²) in [4.78, 5) is 12.8. The number of likely N-dealkylation sites (N-methyl/N-ethyl adjacent to an activating group) is 1. The molecule has 0 amide bonds. The Kier molecular flexibility index (Phi) is 3.41. The van der Waals surface area contributed by atoms with Crippen molar-refractivity contribution < 1.29 is 4.92 Å². The lowest BCUT2D eigenvalue weighted by atomic mass is 9.99. The smallest absolute Gasteiger partial charge is 0.262 e. The molecule has 1 aliphatic rings. The fraction of sp³-hybridized carbons (Fsp3) is 0.600. The third kappa shape index (κ3) is 1.70. The first kappa shape index (κ1) is 10.9. The van der Waals surface area contributed by atoms with Crippen LogP contribution < -0.4 is 0 Å². The van der Waals surface area contributed by atoms with E-state index in [0.717, 1.165) is 0 Å². The molecule has 0 aromatic heterocycles. The van der Waals surface area contributed by atoms with Gasteiger partial charge in [-0.3, -0.25) is 10.1 Å². The van der Waals surface area contributed by atoms with Crippen molar-refractivity contribution >= 4 is 0 Å². The molecule has 0 N–H and O–H groups in total. The van der Waals surface area contributed by atoms with Gasteiger partial charge in [-0.15, -0.1) is 0 Å². The standard InChI is InChI=1S/C10H16N2O2/c1-3-11(4-2)10(12(13)14)8-6-5-7-9-10/h5-8H,3-4,9H2,1-2H3. The van der Waals surface area contributed by atoms with Gasteiger partial charge in [0.1, 0.15) is 0 Å². The summed E-state index contributed by atoms with van der Waals surface area (Å²) in [6.07, 6.45) is 7.59. The van der Waals surface area contributed by atoms with Gasteiger partial charge in [-0.1, -0.05) is 32.1 Å². The molecule has 0 aliphatic heterocycles. The van der Waals surface area contributed by atoms with Crippen LogP contribution in [0.2, 0.25) is 0 Å². The molecule has 0 fully saturated rings. The summed E-state index contributed by atoms with van der Waals surface area (Å²) >= 11 is 0. The first-order chi connectivity index (χ1) is 6.67. The van der Waals surface area contributed by atoms with E-state index in [1.807, 2.05) is 30.9 Å². The Morgan fingerprint density at radius 2 is 2.07 bits per heavy atom. The number of nitrogens with zero attached hydrogens (tertiary/aromatic N) is 2. The Morgan fingerprint density at radius 1 is 1.43 bits per heavy atom. The molecule has 1 aliphatic carbocycles. The second-order valence-corrected chi connectivity index (χ2v) is 3.30. The van der Waals surface area contributed by atoms with Crippen LogP contribution in [0.4, 0.5) is 0 Å². The van der Waals surface area contributed by atoms with E-state index in [1.54, 1.807) is 12.2 Å². The van der Waals surface area contributed by atoms with E-state index in [1.165, 1.54) is 0 Å². The van der Waals surface area contributed by atoms with E-state index in [-0.39, 0.29) is 4.92 Å². The Hall–Kier alpha value is -1.16. The highest BCUT2D eigenvalue weighted by Gasteiger charge is 2.44. The maximum Gasteiger partial charge on any atom is 0.300 e. The van der Waals surface area contributed by atoms with Crippen LogP contribution in [0.5, 0.6) is 0 Å². The van der Waals surface area contributed by atoms with Gasteiger partial charge in [0, 0.05) is 24.1 Å². The third-order valence-corrected chi connectivity index (χ3v) is 2.66. The minimum atomic E-state index is -1.02. The van der Waals surface area contributed by atoms with E-state index >= 15 is 0 Å². The average Bonchev–Trinajstić information content (AvgIpc) is 2.21. The Morgan fingerprint density at radius 3 is 2.43 bits per heavy atom. The van der Waals surface area contributed by atoms with Gasteiger partial charge >= 0.3 is 0 Å². The summed E-state index contributed by atoms with van der Waals surface area (Å²) < 4.78 is 0. The molecule has 0 spiro atoms. The number of hydrogen-bond donors (Lipinski definition) is 0. The Bertz CT molecular complexity index is 269. The van der Waals surface area contributed by atoms with Gasteiger partial charge < -0.3 is 0 Å². The molecule has 0 heterocycles. The maximum absolute atomic E-state index is 11.1. The van der Waals surface area contributed by atoms with Gasteiger partial charge in [0.15, 0.2) is 0 Å². The maximum atomic E-state index is 11.1. The van der Waals surface area contributed by atoms with Crippen molar-refractivity contribution in [2.24, 2.45) is 0 Å². The molecule has 4 nitrogen and oxygen atoms in total. The third-order valence-electron chi connectivity index (χ3n) is 2.66. The fourth-order valence-corrected chi connectivity index (χ4v) is 1.85. The van der Waals surface area contributed by atoms with Gasteiger partial charge in [0.2, 0.25) is 0 Å². The van der Waals surface area contributed by atoms with Crippen LogP contribution in [-0.4, -0.2) is 28.6 Å². The predicted molar refractivity (Wildman–Crippen MR) is 55.5 cm³/mol.